The van der Waals surface area contributed by atoms with Gasteiger partial charge in [0.2, 0.25) is 0 Å². The third-order valence-corrected chi connectivity index (χ3v) is 3.97. The highest BCUT2D eigenvalue weighted by molar-refractivity contribution is 5.26. The predicted octanol–water partition coefficient (Wildman–Crippen LogP) is 3.45. The molecule has 1 aliphatic rings. The van der Waals surface area contributed by atoms with Gasteiger partial charge in [0.15, 0.2) is 0 Å². The average molecular weight is 247 g/mol. The standard InChI is InChI=1S/C16H25NO/c1-3-12-6-5-7-14(8-12)16(17)11-13-9-15(10-13)18-4-2/h5-8,13,15-16H,3-4,9-11,17H2,1-2H3. The fraction of sp³-hybridized carbons (Fsp3) is 0.625. The molecule has 2 rings (SSSR count). The van der Waals surface area contributed by atoms with Crippen molar-refractivity contribution >= 4 is 0 Å². The molecule has 1 atom stereocenters. The summed E-state index contributed by atoms with van der Waals surface area (Å²) in [5.41, 5.74) is 8.97. The van der Waals surface area contributed by atoms with Gasteiger partial charge >= 0.3 is 0 Å². The minimum atomic E-state index is 0.184. The van der Waals surface area contributed by atoms with Crippen molar-refractivity contribution in [1.29, 1.82) is 0 Å². The summed E-state index contributed by atoms with van der Waals surface area (Å²) in [6.07, 6.45) is 5.05. The lowest BCUT2D eigenvalue weighted by atomic mass is 9.77. The second-order valence-corrected chi connectivity index (χ2v) is 5.36. The van der Waals surface area contributed by atoms with Crippen LogP contribution in [0.4, 0.5) is 0 Å². The Bertz CT molecular complexity index is 371. The molecule has 0 amide bonds. The third-order valence-electron chi connectivity index (χ3n) is 3.97. The molecular formula is C16H25NO. The second-order valence-electron chi connectivity index (χ2n) is 5.36. The maximum absolute atomic E-state index is 6.31. The molecule has 0 aliphatic heterocycles. The van der Waals surface area contributed by atoms with E-state index in [-0.39, 0.29) is 6.04 Å². The van der Waals surface area contributed by atoms with Crippen LogP contribution in [0.3, 0.4) is 0 Å². The number of hydrogen-bond acceptors (Lipinski definition) is 2. The van der Waals surface area contributed by atoms with E-state index in [0.29, 0.717) is 6.10 Å². The lowest BCUT2D eigenvalue weighted by molar-refractivity contribution is -0.0282. The van der Waals surface area contributed by atoms with Gasteiger partial charge in [-0.25, -0.2) is 0 Å². The molecule has 1 aliphatic carbocycles. The summed E-state index contributed by atoms with van der Waals surface area (Å²) in [5, 5.41) is 0. The number of benzene rings is 1. The van der Waals surface area contributed by atoms with E-state index >= 15 is 0 Å². The van der Waals surface area contributed by atoms with Crippen LogP contribution in [0.2, 0.25) is 0 Å². The minimum Gasteiger partial charge on any atom is -0.378 e. The van der Waals surface area contributed by atoms with E-state index in [1.807, 2.05) is 0 Å². The maximum atomic E-state index is 6.31. The van der Waals surface area contributed by atoms with Crippen molar-refractivity contribution in [3.8, 4) is 0 Å². The van der Waals surface area contributed by atoms with Crippen molar-refractivity contribution in [2.45, 2.75) is 51.7 Å². The van der Waals surface area contributed by atoms with Crippen LogP contribution in [0.15, 0.2) is 24.3 Å². The number of rotatable bonds is 6. The average Bonchev–Trinajstić information content (AvgIpc) is 2.36. The van der Waals surface area contributed by atoms with Gasteiger partial charge in [0.25, 0.3) is 0 Å². The fourth-order valence-corrected chi connectivity index (χ4v) is 2.78. The van der Waals surface area contributed by atoms with E-state index in [1.165, 1.54) is 24.0 Å². The number of nitrogens with two attached hydrogens (primary N) is 1. The van der Waals surface area contributed by atoms with Crippen molar-refractivity contribution in [1.82, 2.24) is 0 Å². The van der Waals surface area contributed by atoms with E-state index in [2.05, 4.69) is 38.1 Å². The summed E-state index contributed by atoms with van der Waals surface area (Å²) in [6.45, 7) is 5.08. The smallest absolute Gasteiger partial charge is 0.0580 e. The first-order valence-corrected chi connectivity index (χ1v) is 7.19. The normalized spacial score (nSPS) is 24.6. The molecule has 2 nitrogen and oxygen atoms in total. The summed E-state index contributed by atoms with van der Waals surface area (Å²) in [6, 6.07) is 8.89. The molecule has 2 heteroatoms. The van der Waals surface area contributed by atoms with Crippen LogP contribution in [0.5, 0.6) is 0 Å². The van der Waals surface area contributed by atoms with Gasteiger partial charge in [0.1, 0.15) is 0 Å². The molecule has 0 saturated heterocycles. The number of ether oxygens (including phenoxy) is 1. The third kappa shape index (κ3) is 3.33. The molecule has 0 bridgehead atoms. The number of aryl methyl sites for hydroxylation is 1. The Morgan fingerprint density at radius 3 is 2.78 bits per heavy atom. The van der Waals surface area contributed by atoms with Crippen LogP contribution in [0, 0.1) is 5.92 Å². The van der Waals surface area contributed by atoms with E-state index in [1.54, 1.807) is 0 Å². The van der Waals surface area contributed by atoms with Crippen LogP contribution >= 0.6 is 0 Å². The van der Waals surface area contributed by atoms with Crippen LogP contribution in [0.1, 0.15) is 50.3 Å². The van der Waals surface area contributed by atoms with Crippen LogP contribution < -0.4 is 5.73 Å². The van der Waals surface area contributed by atoms with Gasteiger partial charge in [-0.15, -0.1) is 0 Å². The second kappa shape index (κ2) is 6.35. The largest absolute Gasteiger partial charge is 0.378 e. The molecule has 100 valence electrons. The van der Waals surface area contributed by atoms with Gasteiger partial charge in [0, 0.05) is 12.6 Å². The van der Waals surface area contributed by atoms with Gasteiger partial charge in [-0.1, -0.05) is 31.2 Å². The quantitative estimate of drug-likeness (QED) is 0.835. The summed E-state index contributed by atoms with van der Waals surface area (Å²) in [4.78, 5) is 0. The van der Waals surface area contributed by atoms with E-state index in [4.69, 9.17) is 10.5 Å². The molecule has 1 fully saturated rings. The van der Waals surface area contributed by atoms with Gasteiger partial charge in [0.05, 0.1) is 6.10 Å². The monoisotopic (exact) mass is 247 g/mol. The number of hydrogen-bond donors (Lipinski definition) is 1. The molecule has 1 saturated carbocycles. The van der Waals surface area contributed by atoms with Crippen molar-refractivity contribution in [3.63, 3.8) is 0 Å². The summed E-state index contributed by atoms with van der Waals surface area (Å²) in [5.74, 6) is 0.752. The highest BCUT2D eigenvalue weighted by atomic mass is 16.5. The first-order valence-electron chi connectivity index (χ1n) is 7.19. The van der Waals surface area contributed by atoms with Crippen LogP contribution in [-0.4, -0.2) is 12.7 Å². The Morgan fingerprint density at radius 1 is 1.33 bits per heavy atom. The van der Waals surface area contributed by atoms with Crippen molar-refractivity contribution < 1.29 is 4.74 Å². The highest BCUT2D eigenvalue weighted by Crippen LogP contribution is 2.36. The highest BCUT2D eigenvalue weighted by Gasteiger charge is 2.30. The summed E-state index contributed by atoms with van der Waals surface area (Å²) < 4.78 is 5.59. The van der Waals surface area contributed by atoms with E-state index in [9.17, 15) is 0 Å². The fourth-order valence-electron chi connectivity index (χ4n) is 2.78. The molecule has 1 aromatic rings. The molecule has 1 aromatic carbocycles. The topological polar surface area (TPSA) is 35.2 Å². The Labute approximate surface area is 111 Å². The Kier molecular flexibility index (Phi) is 4.79. The molecular weight excluding hydrogens is 222 g/mol. The molecule has 0 spiro atoms. The summed E-state index contributed by atoms with van der Waals surface area (Å²) >= 11 is 0. The Balaban J connectivity index is 1.83. The van der Waals surface area contributed by atoms with Crippen molar-refractivity contribution in [3.05, 3.63) is 35.4 Å². The van der Waals surface area contributed by atoms with Crippen LogP contribution in [0.25, 0.3) is 0 Å². The predicted molar refractivity (Wildman–Crippen MR) is 75.5 cm³/mol. The molecule has 0 radical (unpaired) electrons. The van der Waals surface area contributed by atoms with Gasteiger partial charge in [-0.3, -0.25) is 0 Å². The van der Waals surface area contributed by atoms with Crippen LogP contribution in [-0.2, 0) is 11.2 Å². The van der Waals surface area contributed by atoms with Gasteiger partial charge < -0.3 is 10.5 Å². The van der Waals surface area contributed by atoms with Gasteiger partial charge in [-0.2, -0.15) is 0 Å². The van der Waals surface area contributed by atoms with Crippen molar-refractivity contribution in [2.24, 2.45) is 11.7 Å². The lowest BCUT2D eigenvalue weighted by Crippen LogP contribution is -2.33. The zero-order valence-electron chi connectivity index (χ0n) is 11.6. The molecule has 18 heavy (non-hydrogen) atoms. The lowest BCUT2D eigenvalue weighted by Gasteiger charge is -2.36. The van der Waals surface area contributed by atoms with E-state index in [0.717, 1.165) is 25.4 Å². The molecule has 2 N–H and O–H groups in total. The van der Waals surface area contributed by atoms with Crippen molar-refractivity contribution in [2.75, 3.05) is 6.61 Å². The molecule has 0 aromatic heterocycles. The summed E-state index contributed by atoms with van der Waals surface area (Å²) in [7, 11) is 0. The Morgan fingerprint density at radius 2 is 2.11 bits per heavy atom. The maximum Gasteiger partial charge on any atom is 0.0580 e. The first-order chi connectivity index (χ1) is 8.72. The first kappa shape index (κ1) is 13.6. The zero-order chi connectivity index (χ0) is 13.0. The minimum absolute atomic E-state index is 0.184. The van der Waals surface area contributed by atoms with Gasteiger partial charge in [-0.05, 0) is 49.7 Å². The van der Waals surface area contributed by atoms with E-state index < -0.39 is 0 Å². The molecule has 0 heterocycles. The Hall–Kier alpha value is -0.860. The SMILES string of the molecule is CCOC1CC(CC(N)c2cccc(CC)c2)C1. The molecule has 1 unspecified atom stereocenters. The zero-order valence-corrected chi connectivity index (χ0v) is 11.6.